The molecule has 1 N–H and O–H groups in total. The van der Waals surface area contributed by atoms with E-state index >= 15 is 0 Å². The fourth-order valence-corrected chi connectivity index (χ4v) is 3.60. The van der Waals surface area contributed by atoms with Gasteiger partial charge in [-0.25, -0.2) is 9.67 Å². The van der Waals surface area contributed by atoms with Crippen LogP contribution in [0.5, 0.6) is 5.75 Å². The number of carbonyl (C=O) groups is 1. The molecule has 32 heavy (non-hydrogen) atoms. The number of anilines is 2. The van der Waals surface area contributed by atoms with Crippen LogP contribution < -0.4 is 15.0 Å². The highest BCUT2D eigenvalue weighted by Gasteiger charge is 2.21. The molecule has 0 aliphatic carbocycles. The van der Waals surface area contributed by atoms with Crippen molar-refractivity contribution in [1.29, 1.82) is 0 Å². The third kappa shape index (κ3) is 4.37. The van der Waals surface area contributed by atoms with Gasteiger partial charge in [-0.15, -0.1) is 0 Å². The first-order valence-corrected chi connectivity index (χ1v) is 10.0. The number of methoxy groups -OCH3 is 1. The number of hydrogen-bond donors (Lipinski definition) is 1. The summed E-state index contributed by atoms with van der Waals surface area (Å²) in [5, 5.41) is 18.3. The van der Waals surface area contributed by atoms with Crippen molar-refractivity contribution in [3.63, 3.8) is 0 Å². The van der Waals surface area contributed by atoms with Crippen molar-refractivity contribution in [3.05, 3.63) is 64.7 Å². The molecular formula is C21H23N7O4. The van der Waals surface area contributed by atoms with Crippen molar-refractivity contribution in [1.82, 2.24) is 19.7 Å². The summed E-state index contributed by atoms with van der Waals surface area (Å²) >= 11 is 0. The number of likely N-dealkylation sites (N-methyl/N-ethyl adjacent to an activating group) is 1. The molecule has 0 spiro atoms. The Morgan fingerprint density at radius 3 is 2.56 bits per heavy atom. The average Bonchev–Trinajstić information content (AvgIpc) is 3.34. The zero-order chi connectivity index (χ0) is 22.7. The van der Waals surface area contributed by atoms with E-state index in [0.717, 1.165) is 37.6 Å². The molecule has 1 aliphatic heterocycles. The molecule has 1 fully saturated rings. The van der Waals surface area contributed by atoms with E-state index in [1.807, 2.05) is 6.07 Å². The summed E-state index contributed by atoms with van der Waals surface area (Å²) in [6.45, 7) is 3.56. The van der Waals surface area contributed by atoms with Gasteiger partial charge >= 0.3 is 0 Å². The summed E-state index contributed by atoms with van der Waals surface area (Å²) in [6.07, 6.45) is 2.64. The molecule has 11 heteroatoms. The summed E-state index contributed by atoms with van der Waals surface area (Å²) in [5.41, 5.74) is 1.62. The molecule has 1 saturated heterocycles. The number of piperazine rings is 1. The maximum Gasteiger partial charge on any atom is 0.295 e. The molecule has 0 unspecified atom stereocenters. The number of aromatic nitrogens is 3. The third-order valence-corrected chi connectivity index (χ3v) is 5.38. The van der Waals surface area contributed by atoms with Gasteiger partial charge in [0.1, 0.15) is 24.1 Å². The predicted molar refractivity (Wildman–Crippen MR) is 119 cm³/mol. The van der Waals surface area contributed by atoms with Gasteiger partial charge in [0.15, 0.2) is 0 Å². The van der Waals surface area contributed by atoms with Crippen LogP contribution in [0.3, 0.4) is 0 Å². The number of nitro groups is 1. The first-order valence-electron chi connectivity index (χ1n) is 10.0. The van der Waals surface area contributed by atoms with Gasteiger partial charge in [-0.1, -0.05) is 0 Å². The molecule has 2 aromatic carbocycles. The van der Waals surface area contributed by atoms with Crippen LogP contribution in [0.2, 0.25) is 0 Å². The normalized spacial score (nSPS) is 14.2. The van der Waals surface area contributed by atoms with Crippen molar-refractivity contribution in [3.8, 4) is 11.4 Å². The second kappa shape index (κ2) is 9.02. The maximum absolute atomic E-state index is 12.9. The largest absolute Gasteiger partial charge is 0.495 e. The van der Waals surface area contributed by atoms with Crippen LogP contribution in [0.25, 0.3) is 5.69 Å². The highest BCUT2D eigenvalue weighted by molar-refractivity contribution is 6.05. The zero-order valence-electron chi connectivity index (χ0n) is 17.8. The van der Waals surface area contributed by atoms with E-state index in [2.05, 4.69) is 32.2 Å². The van der Waals surface area contributed by atoms with Crippen LogP contribution in [0.15, 0.2) is 49.1 Å². The Labute approximate surface area is 184 Å². The monoisotopic (exact) mass is 437 g/mol. The number of ether oxygens (including phenoxy) is 1. The minimum atomic E-state index is -0.549. The van der Waals surface area contributed by atoms with E-state index in [4.69, 9.17) is 4.74 Å². The molecule has 3 aromatic rings. The summed E-state index contributed by atoms with van der Waals surface area (Å²) in [6, 6.07) is 9.64. The first-order chi connectivity index (χ1) is 15.5. The lowest BCUT2D eigenvalue weighted by molar-refractivity contribution is -0.384. The molecule has 0 atom stereocenters. The van der Waals surface area contributed by atoms with Gasteiger partial charge in [-0.3, -0.25) is 14.9 Å². The van der Waals surface area contributed by atoms with Gasteiger partial charge in [0.2, 0.25) is 0 Å². The summed E-state index contributed by atoms with van der Waals surface area (Å²) in [4.78, 5) is 32.1. The summed E-state index contributed by atoms with van der Waals surface area (Å²) < 4.78 is 6.79. The van der Waals surface area contributed by atoms with Crippen LogP contribution >= 0.6 is 0 Å². The fourth-order valence-electron chi connectivity index (χ4n) is 3.60. The van der Waals surface area contributed by atoms with Crippen LogP contribution in [-0.2, 0) is 0 Å². The standard InChI is InChI=1S/C21H23N7O4/c1-25-7-9-26(10-8-25)19-12-16(4-6-20(19)32-2)24-21(29)15-3-5-17(18(11-15)28(30)31)27-14-22-13-23-27/h3-6,11-14H,7-10H2,1-2H3,(H,24,29). The molecule has 0 bridgehead atoms. The zero-order valence-corrected chi connectivity index (χ0v) is 17.8. The Morgan fingerprint density at radius 2 is 1.91 bits per heavy atom. The Morgan fingerprint density at radius 1 is 1.12 bits per heavy atom. The molecule has 2 heterocycles. The molecule has 1 aromatic heterocycles. The number of hydrogen-bond acceptors (Lipinski definition) is 8. The van der Waals surface area contributed by atoms with E-state index in [9.17, 15) is 14.9 Å². The van der Waals surface area contributed by atoms with Gasteiger partial charge < -0.3 is 19.9 Å². The number of rotatable bonds is 6. The topological polar surface area (TPSA) is 119 Å². The van der Waals surface area contributed by atoms with Crippen LogP contribution in [0.1, 0.15) is 10.4 Å². The van der Waals surface area contributed by atoms with Crippen molar-refractivity contribution in [2.24, 2.45) is 0 Å². The van der Waals surface area contributed by atoms with E-state index in [0.29, 0.717) is 5.69 Å². The Hall–Kier alpha value is -3.99. The molecule has 166 valence electrons. The number of carbonyl (C=O) groups excluding carboxylic acids is 1. The van der Waals surface area contributed by atoms with Gasteiger partial charge in [-0.05, 0) is 37.4 Å². The number of nitro benzene ring substituents is 1. The molecule has 0 saturated carbocycles. The summed E-state index contributed by atoms with van der Waals surface area (Å²) in [5.74, 6) is 0.271. The van der Waals surface area contributed by atoms with Crippen molar-refractivity contribution < 1.29 is 14.5 Å². The number of benzene rings is 2. The molecule has 1 aliphatic rings. The Kier molecular flexibility index (Phi) is 5.99. The number of amides is 1. The van der Waals surface area contributed by atoms with E-state index in [1.54, 1.807) is 19.2 Å². The SMILES string of the molecule is COc1ccc(NC(=O)c2ccc(-n3cncn3)c([N+](=O)[O-])c2)cc1N1CCN(C)CC1. The minimum Gasteiger partial charge on any atom is -0.495 e. The average molecular weight is 437 g/mol. The highest BCUT2D eigenvalue weighted by atomic mass is 16.6. The lowest BCUT2D eigenvalue weighted by Crippen LogP contribution is -2.44. The molecule has 0 radical (unpaired) electrons. The lowest BCUT2D eigenvalue weighted by atomic mass is 10.1. The third-order valence-electron chi connectivity index (χ3n) is 5.38. The molecular weight excluding hydrogens is 414 g/mol. The van der Waals surface area contributed by atoms with Gasteiger partial charge in [-0.2, -0.15) is 5.10 Å². The molecule has 11 nitrogen and oxygen atoms in total. The van der Waals surface area contributed by atoms with Gasteiger partial charge in [0, 0.05) is 43.5 Å². The Balaban J connectivity index is 1.58. The van der Waals surface area contributed by atoms with Gasteiger partial charge in [0.25, 0.3) is 11.6 Å². The van der Waals surface area contributed by atoms with E-state index in [-0.39, 0.29) is 16.9 Å². The second-order valence-electron chi connectivity index (χ2n) is 7.43. The maximum atomic E-state index is 12.9. The van der Waals surface area contributed by atoms with Crippen LogP contribution in [0.4, 0.5) is 17.1 Å². The predicted octanol–water partition coefficient (Wildman–Crippen LogP) is 2.19. The van der Waals surface area contributed by atoms with Crippen LogP contribution in [0, 0.1) is 10.1 Å². The van der Waals surface area contributed by atoms with Crippen molar-refractivity contribution in [2.75, 3.05) is 50.6 Å². The highest BCUT2D eigenvalue weighted by Crippen LogP contribution is 2.32. The lowest BCUT2D eigenvalue weighted by Gasteiger charge is -2.34. The van der Waals surface area contributed by atoms with Crippen LogP contribution in [-0.4, -0.2) is 70.8 Å². The molecule has 4 rings (SSSR count). The van der Waals surface area contributed by atoms with Gasteiger partial charge in [0.05, 0.1) is 17.7 Å². The first kappa shape index (κ1) is 21.2. The smallest absolute Gasteiger partial charge is 0.295 e. The minimum absolute atomic E-state index is 0.164. The van der Waals surface area contributed by atoms with Crippen molar-refractivity contribution in [2.45, 2.75) is 0 Å². The quantitative estimate of drug-likeness (QED) is 0.460. The van der Waals surface area contributed by atoms with E-state index < -0.39 is 10.8 Å². The Bertz CT molecular complexity index is 1130. The van der Waals surface area contributed by atoms with E-state index in [1.165, 1.54) is 35.5 Å². The second-order valence-corrected chi connectivity index (χ2v) is 7.43. The number of nitrogens with zero attached hydrogens (tertiary/aromatic N) is 6. The molecule has 1 amide bonds. The number of nitrogens with one attached hydrogen (secondary N) is 1. The fraction of sp³-hybridized carbons (Fsp3) is 0.286. The van der Waals surface area contributed by atoms with Crippen molar-refractivity contribution >= 4 is 23.0 Å². The summed E-state index contributed by atoms with van der Waals surface area (Å²) in [7, 11) is 3.70.